The van der Waals surface area contributed by atoms with Gasteiger partial charge >= 0.3 is 0 Å². The van der Waals surface area contributed by atoms with Gasteiger partial charge in [0.2, 0.25) is 11.8 Å². The smallest absolute Gasteiger partial charge is 0.263 e. The molecule has 0 saturated carbocycles. The number of likely N-dealkylation sites (tertiary alicyclic amines) is 1. The number of carbonyl (C=O) groups excluding carboxylic acids is 3. The Labute approximate surface area is 190 Å². The largest absolute Gasteiger partial charge is 0.378 e. The van der Waals surface area contributed by atoms with Crippen LogP contribution in [0.1, 0.15) is 42.9 Å². The van der Waals surface area contributed by atoms with Crippen LogP contribution in [-0.2, 0) is 14.4 Å². The second-order valence-electron chi connectivity index (χ2n) is 8.36. The number of aliphatic hydroxyl groups is 1. The molecule has 1 fully saturated rings. The molecule has 3 amide bonds. The summed E-state index contributed by atoms with van der Waals surface area (Å²) in [6.45, 7) is 1.74. The van der Waals surface area contributed by atoms with Crippen LogP contribution in [0, 0.1) is 11.6 Å². The lowest BCUT2D eigenvalue weighted by Gasteiger charge is -2.32. The van der Waals surface area contributed by atoms with Crippen molar-refractivity contribution >= 4 is 17.7 Å². The third-order valence-corrected chi connectivity index (χ3v) is 5.83. The number of carbonyl (C=O) groups is 3. The molecule has 2 aromatic rings. The van der Waals surface area contributed by atoms with Gasteiger partial charge in [0.1, 0.15) is 17.7 Å². The van der Waals surface area contributed by atoms with Gasteiger partial charge in [-0.05, 0) is 43.0 Å². The van der Waals surface area contributed by atoms with E-state index in [2.05, 4.69) is 0 Å². The van der Waals surface area contributed by atoms with Crippen LogP contribution in [0.3, 0.4) is 0 Å². The van der Waals surface area contributed by atoms with Gasteiger partial charge < -0.3 is 15.7 Å². The van der Waals surface area contributed by atoms with E-state index in [1.807, 2.05) is 30.3 Å². The van der Waals surface area contributed by atoms with Crippen molar-refractivity contribution in [2.75, 3.05) is 13.6 Å². The Hall–Kier alpha value is -3.17. The Morgan fingerprint density at radius 3 is 2.27 bits per heavy atom. The van der Waals surface area contributed by atoms with E-state index < -0.39 is 47.5 Å². The Bertz CT molecular complexity index is 1010. The number of benzene rings is 2. The Morgan fingerprint density at radius 1 is 1.09 bits per heavy atom. The third kappa shape index (κ3) is 5.43. The highest BCUT2D eigenvalue weighted by atomic mass is 19.1. The quantitative estimate of drug-likeness (QED) is 0.713. The molecule has 0 radical (unpaired) electrons. The predicted octanol–water partition coefficient (Wildman–Crippen LogP) is 2.11. The maximum atomic E-state index is 13.6. The van der Waals surface area contributed by atoms with E-state index >= 15 is 0 Å². The highest BCUT2D eigenvalue weighted by molar-refractivity contribution is 6.03. The minimum Gasteiger partial charge on any atom is -0.378 e. The molecule has 1 aliphatic rings. The molecular weight excluding hydrogens is 432 g/mol. The van der Waals surface area contributed by atoms with Gasteiger partial charge in [0, 0.05) is 25.6 Å². The van der Waals surface area contributed by atoms with E-state index in [9.17, 15) is 28.3 Å². The minimum absolute atomic E-state index is 0.0188. The van der Waals surface area contributed by atoms with E-state index in [1.165, 1.54) is 11.8 Å². The fourth-order valence-corrected chi connectivity index (χ4v) is 4.13. The molecule has 1 saturated heterocycles. The number of hydrogen-bond donors (Lipinski definition) is 2. The summed E-state index contributed by atoms with van der Waals surface area (Å²) in [5.74, 6) is -4.49. The zero-order valence-electron chi connectivity index (χ0n) is 18.4. The van der Waals surface area contributed by atoms with Crippen molar-refractivity contribution in [3.8, 4) is 0 Å². The van der Waals surface area contributed by atoms with Crippen LogP contribution in [0.2, 0.25) is 0 Å². The highest BCUT2D eigenvalue weighted by Crippen LogP contribution is 2.30. The first-order valence-corrected chi connectivity index (χ1v) is 10.7. The first kappa shape index (κ1) is 24.5. The molecule has 3 rings (SSSR count). The Balaban J connectivity index is 1.94. The van der Waals surface area contributed by atoms with Crippen LogP contribution >= 0.6 is 0 Å². The lowest BCUT2D eigenvalue weighted by atomic mass is 9.93. The number of aliphatic hydroxyl groups excluding tert-OH is 1. The number of likely N-dealkylation sites (N-methyl/N-ethyl adjacent to an activating group) is 1. The summed E-state index contributed by atoms with van der Waals surface area (Å²) in [4.78, 5) is 41.4. The Kier molecular flexibility index (Phi) is 7.55. The molecule has 0 aliphatic carbocycles. The van der Waals surface area contributed by atoms with Crippen molar-refractivity contribution in [1.29, 1.82) is 0 Å². The first-order valence-electron chi connectivity index (χ1n) is 10.7. The van der Waals surface area contributed by atoms with E-state index in [-0.39, 0.29) is 17.9 Å². The highest BCUT2D eigenvalue weighted by Gasteiger charge is 2.42. The van der Waals surface area contributed by atoms with Crippen molar-refractivity contribution in [3.63, 3.8) is 0 Å². The summed E-state index contributed by atoms with van der Waals surface area (Å²) in [6.07, 6.45) is -1.41. The molecule has 3 N–H and O–H groups in total. The molecule has 0 bridgehead atoms. The van der Waals surface area contributed by atoms with Crippen LogP contribution in [0.5, 0.6) is 0 Å². The third-order valence-electron chi connectivity index (χ3n) is 5.83. The standard InChI is InChI=1S/C24H27F2N3O4/c1-14(27)22(31)29(24(33)21(30)17-10-18(25)12-19(26)11-17)20-9-8-16(13-28(2)23(20)32)15-6-4-3-5-7-15/h3-7,10-12,14,16,20-21,30H,8-9,13,27H2,1-2H3/t14-,16+,20-,21-/m0/s1. The number of amides is 3. The predicted molar refractivity (Wildman–Crippen MR) is 117 cm³/mol. The summed E-state index contributed by atoms with van der Waals surface area (Å²) in [5.41, 5.74) is 6.39. The van der Waals surface area contributed by atoms with E-state index in [1.54, 1.807) is 7.05 Å². The van der Waals surface area contributed by atoms with Crippen molar-refractivity contribution in [1.82, 2.24) is 9.80 Å². The average molecular weight is 459 g/mol. The number of halogens is 2. The molecule has 1 aliphatic heterocycles. The molecule has 9 heteroatoms. The maximum absolute atomic E-state index is 13.6. The zero-order valence-corrected chi connectivity index (χ0v) is 18.4. The molecule has 1 heterocycles. The summed E-state index contributed by atoms with van der Waals surface area (Å²) in [6, 6.07) is 9.41. The number of hydrogen-bond acceptors (Lipinski definition) is 5. The average Bonchev–Trinajstić information content (AvgIpc) is 2.92. The molecule has 2 aromatic carbocycles. The van der Waals surface area contributed by atoms with Crippen molar-refractivity contribution in [2.24, 2.45) is 5.73 Å². The summed E-state index contributed by atoms with van der Waals surface area (Å²) in [5, 5.41) is 10.6. The van der Waals surface area contributed by atoms with Crippen LogP contribution < -0.4 is 5.73 Å². The maximum Gasteiger partial charge on any atom is 0.263 e. The van der Waals surface area contributed by atoms with Crippen LogP contribution in [-0.4, -0.2) is 58.3 Å². The van der Waals surface area contributed by atoms with Crippen molar-refractivity contribution < 1.29 is 28.3 Å². The summed E-state index contributed by atoms with van der Waals surface area (Å²) < 4.78 is 27.3. The molecule has 4 atom stereocenters. The number of nitrogens with zero attached hydrogens (tertiary/aromatic N) is 2. The molecular formula is C24H27F2N3O4. The molecule has 0 aromatic heterocycles. The SMILES string of the molecule is C[C@H](N)C(=O)N(C(=O)[C@@H](O)c1cc(F)cc(F)c1)[C@H]1CC[C@@H](c2ccccc2)CN(C)C1=O. The van der Waals surface area contributed by atoms with Gasteiger partial charge in [0.15, 0.2) is 6.10 Å². The van der Waals surface area contributed by atoms with E-state index in [4.69, 9.17) is 5.73 Å². The Morgan fingerprint density at radius 2 is 1.70 bits per heavy atom. The van der Waals surface area contributed by atoms with Gasteiger partial charge in [0.05, 0.1) is 6.04 Å². The normalized spacial score (nSPS) is 20.7. The number of nitrogens with two attached hydrogens (primary N) is 1. The lowest BCUT2D eigenvalue weighted by Crippen LogP contribution is -2.56. The van der Waals surface area contributed by atoms with Gasteiger partial charge in [-0.25, -0.2) is 8.78 Å². The second-order valence-corrected chi connectivity index (χ2v) is 8.36. The fourth-order valence-electron chi connectivity index (χ4n) is 4.13. The minimum atomic E-state index is -2.05. The topological polar surface area (TPSA) is 104 Å². The zero-order chi connectivity index (χ0) is 24.3. The summed E-state index contributed by atoms with van der Waals surface area (Å²) in [7, 11) is 1.58. The van der Waals surface area contributed by atoms with E-state index in [0.29, 0.717) is 23.9 Å². The fraction of sp³-hybridized carbons (Fsp3) is 0.375. The molecule has 176 valence electrons. The van der Waals surface area contributed by atoms with Gasteiger partial charge in [-0.15, -0.1) is 0 Å². The monoisotopic (exact) mass is 459 g/mol. The number of imide groups is 1. The summed E-state index contributed by atoms with van der Waals surface area (Å²) >= 11 is 0. The van der Waals surface area contributed by atoms with Crippen LogP contribution in [0.4, 0.5) is 8.78 Å². The first-order chi connectivity index (χ1) is 15.6. The van der Waals surface area contributed by atoms with Crippen molar-refractivity contribution in [3.05, 3.63) is 71.3 Å². The lowest BCUT2D eigenvalue weighted by molar-refractivity contribution is -0.159. The molecule has 7 nitrogen and oxygen atoms in total. The van der Waals surface area contributed by atoms with Gasteiger partial charge in [-0.3, -0.25) is 19.3 Å². The van der Waals surface area contributed by atoms with E-state index in [0.717, 1.165) is 17.7 Å². The second kappa shape index (κ2) is 10.2. The van der Waals surface area contributed by atoms with Crippen LogP contribution in [0.25, 0.3) is 0 Å². The van der Waals surface area contributed by atoms with Crippen molar-refractivity contribution in [2.45, 2.75) is 43.9 Å². The van der Waals surface area contributed by atoms with Gasteiger partial charge in [-0.1, -0.05) is 30.3 Å². The molecule has 0 unspecified atom stereocenters. The number of rotatable bonds is 5. The molecule has 33 heavy (non-hydrogen) atoms. The molecule has 0 spiro atoms. The van der Waals surface area contributed by atoms with Crippen LogP contribution in [0.15, 0.2) is 48.5 Å². The van der Waals surface area contributed by atoms with Gasteiger partial charge in [-0.2, -0.15) is 0 Å². The van der Waals surface area contributed by atoms with Gasteiger partial charge in [0.25, 0.3) is 5.91 Å².